The molecule has 1 aliphatic heterocycles. The molecule has 22 heavy (non-hydrogen) atoms. The van der Waals surface area contributed by atoms with E-state index < -0.39 is 0 Å². The van der Waals surface area contributed by atoms with Crippen LogP contribution in [0.15, 0.2) is 59.8 Å². The predicted molar refractivity (Wildman–Crippen MR) is 90.5 cm³/mol. The van der Waals surface area contributed by atoms with Crippen LogP contribution in [0, 0.1) is 0 Å². The quantitative estimate of drug-likeness (QED) is 0.800. The van der Waals surface area contributed by atoms with Crippen molar-refractivity contribution in [3.05, 3.63) is 71.4 Å². The zero-order chi connectivity index (χ0) is 15.3. The first-order valence-electron chi connectivity index (χ1n) is 7.29. The van der Waals surface area contributed by atoms with E-state index in [0.29, 0.717) is 0 Å². The molecule has 0 spiro atoms. The second-order valence-corrected chi connectivity index (χ2v) is 6.49. The van der Waals surface area contributed by atoms with Gasteiger partial charge in [-0.05, 0) is 28.3 Å². The Morgan fingerprint density at radius 1 is 1.00 bits per heavy atom. The van der Waals surface area contributed by atoms with Crippen LogP contribution in [0.3, 0.4) is 0 Å². The van der Waals surface area contributed by atoms with Crippen molar-refractivity contribution in [2.75, 3.05) is 0 Å². The average Bonchev–Trinajstić information content (AvgIpc) is 2.77. The number of fused-ring (bicyclic) bond motifs is 3. The van der Waals surface area contributed by atoms with Gasteiger partial charge in [0.05, 0.1) is 5.71 Å². The topological polar surface area (TPSA) is 27.6 Å². The van der Waals surface area contributed by atoms with E-state index in [1.807, 2.05) is 6.08 Å². The number of rotatable bonds is 1. The fourth-order valence-corrected chi connectivity index (χ4v) is 3.61. The Labute approximate surface area is 135 Å². The van der Waals surface area contributed by atoms with Gasteiger partial charge < -0.3 is 0 Å². The van der Waals surface area contributed by atoms with Gasteiger partial charge in [-0.2, -0.15) is 9.63 Å². The fraction of sp³-hybridized carbons (Fsp3) is 0.167. The molecule has 0 saturated heterocycles. The molecule has 0 radical (unpaired) electrons. The van der Waals surface area contributed by atoms with Crippen molar-refractivity contribution in [1.29, 1.82) is 0 Å². The van der Waals surface area contributed by atoms with Crippen LogP contribution >= 0.6 is 11.8 Å². The molecule has 3 nitrogen and oxygen atoms in total. The highest BCUT2D eigenvalue weighted by molar-refractivity contribution is 6.16. The van der Waals surface area contributed by atoms with E-state index in [4.69, 9.17) is 11.8 Å². The van der Waals surface area contributed by atoms with Gasteiger partial charge in [0.1, 0.15) is 0 Å². The first kappa shape index (κ1) is 13.4. The lowest BCUT2D eigenvalue weighted by molar-refractivity contribution is 0.449. The van der Waals surface area contributed by atoms with E-state index >= 15 is 0 Å². The number of hydrogen-bond donors (Lipinski definition) is 1. The van der Waals surface area contributed by atoms with Crippen molar-refractivity contribution in [2.24, 2.45) is 5.10 Å². The van der Waals surface area contributed by atoms with Crippen molar-refractivity contribution >= 4 is 17.5 Å². The summed E-state index contributed by atoms with van der Waals surface area (Å²) in [6, 6.07) is 15.0. The van der Waals surface area contributed by atoms with Crippen molar-refractivity contribution in [3.63, 3.8) is 0 Å². The maximum absolute atomic E-state index is 5.84. The SMILES string of the molecule is CC1(C)c2ccccc2-c2cccc(C3=NNN(Cl)C=C3)c21. The molecule has 2 aliphatic rings. The van der Waals surface area contributed by atoms with Crippen LogP contribution in [0.1, 0.15) is 30.5 Å². The molecule has 1 aliphatic carbocycles. The molecular formula is C18H16ClN3. The lowest BCUT2D eigenvalue weighted by Gasteiger charge is -2.25. The molecule has 4 heteroatoms. The van der Waals surface area contributed by atoms with Crippen LogP contribution in [0.5, 0.6) is 0 Å². The van der Waals surface area contributed by atoms with Crippen LogP contribution in [0.2, 0.25) is 0 Å². The number of hydrazone groups is 1. The van der Waals surface area contributed by atoms with Crippen molar-refractivity contribution < 1.29 is 0 Å². The maximum Gasteiger partial charge on any atom is 0.0941 e. The Bertz CT molecular complexity index is 821. The lowest BCUT2D eigenvalue weighted by atomic mass is 9.79. The molecule has 0 fully saturated rings. The van der Waals surface area contributed by atoms with Crippen LogP contribution in [0.25, 0.3) is 11.1 Å². The second-order valence-electron chi connectivity index (χ2n) is 6.12. The van der Waals surface area contributed by atoms with E-state index in [1.165, 1.54) is 26.8 Å². The molecule has 0 bridgehead atoms. The molecule has 0 unspecified atom stereocenters. The molecule has 4 rings (SSSR count). The molecular weight excluding hydrogens is 294 g/mol. The number of nitrogens with one attached hydrogen (secondary N) is 1. The predicted octanol–water partition coefficient (Wildman–Crippen LogP) is 4.18. The Hall–Kier alpha value is -2.26. The fourth-order valence-electron chi connectivity index (χ4n) is 3.52. The maximum atomic E-state index is 5.84. The van der Waals surface area contributed by atoms with E-state index in [-0.39, 0.29) is 5.41 Å². The number of halogens is 1. The molecule has 0 saturated carbocycles. The molecule has 2 aromatic carbocycles. The van der Waals surface area contributed by atoms with Gasteiger partial charge in [0.15, 0.2) is 0 Å². The molecule has 0 amide bonds. The Morgan fingerprint density at radius 3 is 2.50 bits per heavy atom. The summed E-state index contributed by atoms with van der Waals surface area (Å²) >= 11 is 5.84. The first-order valence-corrected chi connectivity index (χ1v) is 7.63. The monoisotopic (exact) mass is 309 g/mol. The van der Waals surface area contributed by atoms with Gasteiger partial charge in [0.2, 0.25) is 0 Å². The summed E-state index contributed by atoms with van der Waals surface area (Å²) in [4.78, 5) is 0. The zero-order valence-electron chi connectivity index (χ0n) is 12.5. The minimum atomic E-state index is -0.0447. The van der Waals surface area contributed by atoms with Gasteiger partial charge >= 0.3 is 0 Å². The third-order valence-corrected chi connectivity index (χ3v) is 4.67. The summed E-state index contributed by atoms with van der Waals surface area (Å²) < 4.78 is 1.31. The number of nitrogens with zero attached hydrogens (tertiary/aromatic N) is 2. The highest BCUT2D eigenvalue weighted by atomic mass is 35.5. The molecule has 0 aromatic heterocycles. The molecule has 1 N–H and O–H groups in total. The molecule has 1 heterocycles. The number of hydrogen-bond acceptors (Lipinski definition) is 3. The normalized spacial score (nSPS) is 17.6. The Balaban J connectivity index is 1.95. The smallest absolute Gasteiger partial charge is 0.0941 e. The minimum Gasteiger partial charge on any atom is -0.203 e. The molecule has 0 atom stereocenters. The summed E-state index contributed by atoms with van der Waals surface area (Å²) in [6.07, 6.45) is 3.69. The third-order valence-electron chi connectivity index (χ3n) is 4.49. The standard InChI is InChI=1S/C18H16ClN3/c1-18(2)15-9-4-3-6-12(15)13-7-5-8-14(17(13)18)16-10-11-22(19)21-20-16/h3-11,21H,1-2H3. The van der Waals surface area contributed by atoms with Crippen LogP contribution in [0.4, 0.5) is 0 Å². The van der Waals surface area contributed by atoms with Crippen molar-refractivity contribution in [2.45, 2.75) is 19.3 Å². The summed E-state index contributed by atoms with van der Waals surface area (Å²) in [5.41, 5.74) is 10.1. The first-order chi connectivity index (χ1) is 10.6. The number of benzene rings is 2. The Morgan fingerprint density at radius 2 is 1.73 bits per heavy atom. The Kier molecular flexibility index (Phi) is 2.81. The molecule has 2 aromatic rings. The van der Waals surface area contributed by atoms with Gasteiger partial charge in [-0.15, -0.1) is 0 Å². The molecule has 110 valence electrons. The van der Waals surface area contributed by atoms with Gasteiger partial charge in [-0.1, -0.05) is 56.3 Å². The zero-order valence-corrected chi connectivity index (χ0v) is 13.2. The van der Waals surface area contributed by atoms with Crippen LogP contribution in [-0.2, 0) is 5.41 Å². The van der Waals surface area contributed by atoms with E-state index in [2.05, 4.69) is 66.9 Å². The highest BCUT2D eigenvalue weighted by Gasteiger charge is 2.37. The largest absolute Gasteiger partial charge is 0.203 e. The van der Waals surface area contributed by atoms with Crippen molar-refractivity contribution in [1.82, 2.24) is 10.1 Å². The summed E-state index contributed by atoms with van der Waals surface area (Å²) in [6.45, 7) is 4.55. The summed E-state index contributed by atoms with van der Waals surface area (Å²) in [5, 5.41) is 4.36. The third kappa shape index (κ3) is 1.79. The lowest BCUT2D eigenvalue weighted by Crippen LogP contribution is -2.26. The number of allylic oxidation sites excluding steroid dienone is 1. The van der Waals surface area contributed by atoms with Gasteiger partial charge in [-0.25, -0.2) is 5.53 Å². The van der Waals surface area contributed by atoms with Gasteiger partial charge in [0, 0.05) is 29.0 Å². The summed E-state index contributed by atoms with van der Waals surface area (Å²) in [5.74, 6) is 0. The van der Waals surface area contributed by atoms with Crippen LogP contribution in [-0.4, -0.2) is 10.2 Å². The minimum absolute atomic E-state index is 0.0447. The highest BCUT2D eigenvalue weighted by Crippen LogP contribution is 2.49. The second kappa shape index (κ2) is 4.62. The number of hydrazine groups is 1. The average molecular weight is 310 g/mol. The van der Waals surface area contributed by atoms with E-state index in [1.54, 1.807) is 6.20 Å². The summed E-state index contributed by atoms with van der Waals surface area (Å²) in [7, 11) is 0. The van der Waals surface area contributed by atoms with Gasteiger partial charge in [0.25, 0.3) is 0 Å². The van der Waals surface area contributed by atoms with E-state index in [0.717, 1.165) is 11.3 Å². The van der Waals surface area contributed by atoms with Gasteiger partial charge in [-0.3, -0.25) is 0 Å². The van der Waals surface area contributed by atoms with Crippen LogP contribution < -0.4 is 5.53 Å². The van der Waals surface area contributed by atoms with Crippen molar-refractivity contribution in [3.8, 4) is 11.1 Å². The van der Waals surface area contributed by atoms with E-state index in [9.17, 15) is 0 Å².